The van der Waals surface area contributed by atoms with Crippen LogP contribution in [0.3, 0.4) is 0 Å². The molecule has 1 aromatic heterocycles. The van der Waals surface area contributed by atoms with E-state index in [-0.39, 0.29) is 0 Å². The van der Waals surface area contributed by atoms with Gasteiger partial charge in [-0.15, -0.1) is 0 Å². The van der Waals surface area contributed by atoms with Gasteiger partial charge in [0.2, 0.25) is 0 Å². The number of aliphatic imine (C=N–C) groups is 1. The Kier molecular flexibility index (Phi) is 6.28. The van der Waals surface area contributed by atoms with E-state index in [0.717, 1.165) is 42.2 Å². The van der Waals surface area contributed by atoms with Crippen LogP contribution in [0, 0.1) is 11.8 Å². The predicted molar refractivity (Wildman–Crippen MR) is 89.8 cm³/mol. The van der Waals surface area contributed by atoms with Gasteiger partial charge in [-0.3, -0.25) is 4.99 Å². The average molecular weight is 306 g/mol. The quantitative estimate of drug-likeness (QED) is 0.671. The van der Waals surface area contributed by atoms with Crippen LogP contribution in [-0.2, 0) is 13.0 Å². The summed E-state index contributed by atoms with van der Waals surface area (Å²) in [4.78, 5) is 6.61. The lowest BCUT2D eigenvalue weighted by Gasteiger charge is -2.31. The molecular weight excluding hydrogens is 276 g/mol. The summed E-state index contributed by atoms with van der Waals surface area (Å²) in [6, 6.07) is 2.00. The Morgan fingerprint density at radius 3 is 2.73 bits per heavy atom. The van der Waals surface area contributed by atoms with E-state index in [4.69, 9.17) is 4.52 Å². The summed E-state index contributed by atoms with van der Waals surface area (Å²) in [6.07, 6.45) is 6.30. The van der Waals surface area contributed by atoms with Gasteiger partial charge in [-0.2, -0.15) is 0 Å². The van der Waals surface area contributed by atoms with Crippen LogP contribution < -0.4 is 5.32 Å². The van der Waals surface area contributed by atoms with Gasteiger partial charge >= 0.3 is 0 Å². The molecule has 124 valence electrons. The molecule has 0 unspecified atom stereocenters. The SMILES string of the molecule is CCc1cc(CNC(=NC)N(C)CC2CCC(C)CC2)on1. The van der Waals surface area contributed by atoms with Crippen molar-refractivity contribution in [3.8, 4) is 0 Å². The predicted octanol–water partition coefficient (Wildman–Crippen LogP) is 3.07. The Labute approximate surface area is 134 Å². The highest BCUT2D eigenvalue weighted by molar-refractivity contribution is 5.79. The van der Waals surface area contributed by atoms with Crippen LogP contribution >= 0.6 is 0 Å². The number of nitrogens with one attached hydrogen (secondary N) is 1. The molecule has 0 bridgehead atoms. The van der Waals surface area contributed by atoms with Gasteiger partial charge < -0.3 is 14.7 Å². The molecule has 5 heteroatoms. The molecule has 5 nitrogen and oxygen atoms in total. The average Bonchev–Trinajstić information content (AvgIpc) is 2.98. The van der Waals surface area contributed by atoms with Gasteiger partial charge in [-0.1, -0.05) is 31.8 Å². The van der Waals surface area contributed by atoms with Gasteiger partial charge in [0, 0.05) is 26.7 Å². The second kappa shape index (κ2) is 8.20. The summed E-state index contributed by atoms with van der Waals surface area (Å²) in [5, 5.41) is 7.38. The molecule has 0 spiro atoms. The molecule has 1 N–H and O–H groups in total. The van der Waals surface area contributed by atoms with Crippen LogP contribution in [0.25, 0.3) is 0 Å². The van der Waals surface area contributed by atoms with Gasteiger partial charge in [0.1, 0.15) is 0 Å². The smallest absolute Gasteiger partial charge is 0.193 e. The zero-order valence-electron chi connectivity index (χ0n) is 14.4. The molecule has 1 aliphatic rings. The van der Waals surface area contributed by atoms with E-state index < -0.39 is 0 Å². The molecular formula is C17H30N4O. The fourth-order valence-electron chi connectivity index (χ4n) is 3.14. The zero-order valence-corrected chi connectivity index (χ0v) is 14.4. The third-order valence-electron chi connectivity index (χ3n) is 4.63. The maximum atomic E-state index is 5.31. The van der Waals surface area contributed by atoms with E-state index in [1.807, 2.05) is 13.1 Å². The third-order valence-corrected chi connectivity index (χ3v) is 4.63. The van der Waals surface area contributed by atoms with Crippen molar-refractivity contribution >= 4 is 5.96 Å². The standard InChI is InChI=1S/C17H30N4O/c1-5-15-10-16(22-20-15)11-19-17(18-3)21(4)12-14-8-6-13(2)7-9-14/h10,13-14H,5-9,11-12H2,1-4H3,(H,18,19). The lowest BCUT2D eigenvalue weighted by Crippen LogP contribution is -2.41. The fourth-order valence-corrected chi connectivity index (χ4v) is 3.14. The second-order valence-electron chi connectivity index (χ2n) is 6.55. The monoisotopic (exact) mass is 306 g/mol. The van der Waals surface area contributed by atoms with Crippen molar-refractivity contribution in [3.63, 3.8) is 0 Å². The first-order valence-corrected chi connectivity index (χ1v) is 8.48. The molecule has 1 saturated carbocycles. The van der Waals surface area contributed by atoms with Crippen LogP contribution in [-0.4, -0.2) is 36.7 Å². The van der Waals surface area contributed by atoms with Gasteiger partial charge in [0.25, 0.3) is 0 Å². The Hall–Kier alpha value is -1.52. The molecule has 1 fully saturated rings. The van der Waals surface area contributed by atoms with Crippen molar-refractivity contribution in [2.75, 3.05) is 20.6 Å². The lowest BCUT2D eigenvalue weighted by molar-refractivity contribution is 0.249. The summed E-state index contributed by atoms with van der Waals surface area (Å²) in [5.41, 5.74) is 0.997. The van der Waals surface area contributed by atoms with E-state index in [1.54, 1.807) is 0 Å². The lowest BCUT2D eigenvalue weighted by atomic mass is 9.83. The zero-order chi connectivity index (χ0) is 15.9. The number of hydrogen-bond acceptors (Lipinski definition) is 3. The number of aromatic nitrogens is 1. The van der Waals surface area contributed by atoms with Gasteiger partial charge in [-0.25, -0.2) is 0 Å². The van der Waals surface area contributed by atoms with Gasteiger partial charge in [0.15, 0.2) is 11.7 Å². The largest absolute Gasteiger partial charge is 0.359 e. The first-order valence-electron chi connectivity index (χ1n) is 8.48. The Morgan fingerprint density at radius 2 is 2.14 bits per heavy atom. The highest BCUT2D eigenvalue weighted by Gasteiger charge is 2.20. The number of rotatable bonds is 5. The molecule has 0 saturated heterocycles. The minimum Gasteiger partial charge on any atom is -0.359 e. The van der Waals surface area contributed by atoms with Crippen LogP contribution in [0.15, 0.2) is 15.6 Å². The minimum absolute atomic E-state index is 0.631. The first kappa shape index (κ1) is 16.8. The molecule has 1 heterocycles. The molecule has 0 aromatic carbocycles. The summed E-state index contributed by atoms with van der Waals surface area (Å²) in [7, 11) is 3.95. The van der Waals surface area contributed by atoms with E-state index in [9.17, 15) is 0 Å². The van der Waals surface area contributed by atoms with Crippen molar-refractivity contribution in [2.45, 2.75) is 52.5 Å². The van der Waals surface area contributed by atoms with Gasteiger partial charge in [0.05, 0.1) is 12.2 Å². The molecule has 1 aliphatic carbocycles. The summed E-state index contributed by atoms with van der Waals surface area (Å²) in [5.74, 6) is 3.47. The highest BCUT2D eigenvalue weighted by atomic mass is 16.5. The van der Waals surface area contributed by atoms with E-state index >= 15 is 0 Å². The van der Waals surface area contributed by atoms with Crippen LogP contribution in [0.2, 0.25) is 0 Å². The maximum Gasteiger partial charge on any atom is 0.193 e. The third kappa shape index (κ3) is 4.75. The Morgan fingerprint density at radius 1 is 1.41 bits per heavy atom. The van der Waals surface area contributed by atoms with Crippen molar-refractivity contribution in [1.82, 2.24) is 15.4 Å². The molecule has 0 radical (unpaired) electrons. The van der Waals surface area contributed by atoms with Crippen LogP contribution in [0.4, 0.5) is 0 Å². The minimum atomic E-state index is 0.631. The number of nitrogens with zero attached hydrogens (tertiary/aromatic N) is 3. The van der Waals surface area contributed by atoms with Crippen molar-refractivity contribution < 1.29 is 4.52 Å². The normalized spacial score (nSPS) is 22.6. The summed E-state index contributed by atoms with van der Waals surface area (Å²) >= 11 is 0. The molecule has 0 amide bonds. The van der Waals surface area contributed by atoms with E-state index in [1.165, 1.54) is 25.7 Å². The van der Waals surface area contributed by atoms with Gasteiger partial charge in [-0.05, 0) is 31.1 Å². The van der Waals surface area contributed by atoms with Crippen molar-refractivity contribution in [1.29, 1.82) is 0 Å². The second-order valence-corrected chi connectivity index (χ2v) is 6.55. The highest BCUT2D eigenvalue weighted by Crippen LogP contribution is 2.28. The maximum absolute atomic E-state index is 5.31. The van der Waals surface area contributed by atoms with Crippen molar-refractivity contribution in [3.05, 3.63) is 17.5 Å². The number of guanidine groups is 1. The van der Waals surface area contributed by atoms with Crippen LogP contribution in [0.1, 0.15) is 51.0 Å². The summed E-state index contributed by atoms with van der Waals surface area (Å²) in [6.45, 7) is 6.14. The van der Waals surface area contributed by atoms with E-state index in [2.05, 4.69) is 41.3 Å². The molecule has 0 aliphatic heterocycles. The Balaban J connectivity index is 1.80. The number of aryl methyl sites for hydroxylation is 1. The summed E-state index contributed by atoms with van der Waals surface area (Å²) < 4.78 is 5.31. The molecule has 1 aromatic rings. The topological polar surface area (TPSA) is 53.7 Å². The molecule has 0 atom stereocenters. The molecule has 2 rings (SSSR count). The van der Waals surface area contributed by atoms with E-state index in [0.29, 0.717) is 6.54 Å². The fraction of sp³-hybridized carbons (Fsp3) is 0.765. The first-order chi connectivity index (χ1) is 10.6. The van der Waals surface area contributed by atoms with Crippen molar-refractivity contribution in [2.24, 2.45) is 16.8 Å². The number of hydrogen-bond donors (Lipinski definition) is 1. The Bertz CT molecular complexity index is 475. The van der Waals surface area contributed by atoms with Crippen LogP contribution in [0.5, 0.6) is 0 Å². The molecule has 22 heavy (non-hydrogen) atoms.